The molecule has 1 saturated heterocycles. The Balaban J connectivity index is 0.00000200. The van der Waals surface area contributed by atoms with Crippen LogP contribution >= 0.6 is 12.4 Å². The Morgan fingerprint density at radius 3 is 2.65 bits per heavy atom. The fourth-order valence-electron chi connectivity index (χ4n) is 2.39. The molecule has 0 aromatic carbocycles. The lowest BCUT2D eigenvalue weighted by atomic mass is 10.1. The van der Waals surface area contributed by atoms with E-state index in [4.69, 9.17) is 4.74 Å². The molecule has 0 radical (unpaired) electrons. The molecule has 0 amide bonds. The molecule has 2 N–H and O–H groups in total. The monoisotopic (exact) mass is 305 g/mol. The van der Waals surface area contributed by atoms with Crippen molar-refractivity contribution in [1.29, 1.82) is 0 Å². The third-order valence-corrected chi connectivity index (χ3v) is 3.50. The van der Waals surface area contributed by atoms with Gasteiger partial charge in [0.15, 0.2) is 0 Å². The summed E-state index contributed by atoms with van der Waals surface area (Å²) in [6.45, 7) is 1.53. The maximum Gasteiger partial charge on any atom is 0.330 e. The van der Waals surface area contributed by atoms with Crippen molar-refractivity contribution in [2.45, 2.75) is 31.7 Å². The fourth-order valence-corrected chi connectivity index (χ4v) is 2.39. The topological polar surface area (TPSA) is 87.6 Å². The van der Waals surface area contributed by atoms with E-state index >= 15 is 0 Å². The third-order valence-electron chi connectivity index (χ3n) is 3.50. The van der Waals surface area contributed by atoms with Gasteiger partial charge < -0.3 is 14.7 Å². The number of H-pyrrole nitrogens is 1. The van der Waals surface area contributed by atoms with Crippen molar-refractivity contribution in [2.75, 3.05) is 20.7 Å². The number of aryl methyl sites for hydroxylation is 1. The van der Waals surface area contributed by atoms with E-state index in [0.717, 1.165) is 0 Å². The minimum atomic E-state index is -0.489. The molecule has 2 rings (SSSR count). The quantitative estimate of drug-likeness (QED) is 0.784. The summed E-state index contributed by atoms with van der Waals surface area (Å²) >= 11 is 0. The van der Waals surface area contributed by atoms with Crippen LogP contribution in [-0.4, -0.2) is 52.4 Å². The molecule has 8 heteroatoms. The molecule has 20 heavy (non-hydrogen) atoms. The highest BCUT2D eigenvalue weighted by Gasteiger charge is 2.37. The van der Waals surface area contributed by atoms with E-state index in [9.17, 15) is 14.7 Å². The fraction of sp³-hybridized carbons (Fsp3) is 0.667. The van der Waals surface area contributed by atoms with Crippen molar-refractivity contribution in [3.05, 3.63) is 32.6 Å². The third kappa shape index (κ3) is 3.12. The molecule has 0 spiro atoms. The highest BCUT2D eigenvalue weighted by atomic mass is 35.5. The lowest BCUT2D eigenvalue weighted by Gasteiger charge is -2.22. The number of likely N-dealkylation sites (N-methyl/N-ethyl adjacent to an activating group) is 1. The molecule has 2 heterocycles. The van der Waals surface area contributed by atoms with Gasteiger partial charge in [0.1, 0.15) is 6.23 Å². The van der Waals surface area contributed by atoms with Gasteiger partial charge in [-0.3, -0.25) is 14.3 Å². The second kappa shape index (κ2) is 6.53. The molecular formula is C12H20ClN3O4. The number of nitrogens with one attached hydrogen (secondary N) is 1. The molecule has 1 fully saturated rings. The van der Waals surface area contributed by atoms with Gasteiger partial charge >= 0.3 is 5.69 Å². The molecule has 7 nitrogen and oxygen atoms in total. The highest BCUT2D eigenvalue weighted by molar-refractivity contribution is 5.85. The summed E-state index contributed by atoms with van der Waals surface area (Å²) in [6.07, 6.45) is 1.29. The standard InChI is InChI=1S/C12H19N3O4.ClH/c1-7-5-15(12(18)13-11(7)17)10-4-8(14(2)3)9(6-16)19-10;/h5,8-10,16H,4,6H2,1-3H3,(H,13,17,18);1H. The van der Waals surface area contributed by atoms with Crippen LogP contribution in [0.2, 0.25) is 0 Å². The van der Waals surface area contributed by atoms with E-state index in [1.807, 2.05) is 19.0 Å². The number of aliphatic hydroxyl groups is 1. The van der Waals surface area contributed by atoms with Crippen molar-refractivity contribution in [3.8, 4) is 0 Å². The molecule has 0 bridgehead atoms. The summed E-state index contributed by atoms with van der Waals surface area (Å²) in [7, 11) is 3.81. The van der Waals surface area contributed by atoms with Gasteiger partial charge in [-0.1, -0.05) is 0 Å². The molecule has 0 saturated carbocycles. The van der Waals surface area contributed by atoms with Crippen molar-refractivity contribution < 1.29 is 9.84 Å². The first kappa shape index (κ1) is 16.9. The summed E-state index contributed by atoms with van der Waals surface area (Å²) in [5, 5.41) is 9.32. The maximum atomic E-state index is 11.8. The van der Waals surface area contributed by atoms with Gasteiger partial charge in [-0.15, -0.1) is 12.4 Å². The van der Waals surface area contributed by atoms with Crippen LogP contribution in [0.15, 0.2) is 15.8 Å². The number of hydrogen-bond acceptors (Lipinski definition) is 5. The molecule has 3 atom stereocenters. The number of hydrogen-bond donors (Lipinski definition) is 2. The van der Waals surface area contributed by atoms with Crippen LogP contribution in [0.25, 0.3) is 0 Å². The Morgan fingerprint density at radius 1 is 1.50 bits per heavy atom. The average Bonchev–Trinajstić information content (AvgIpc) is 2.77. The van der Waals surface area contributed by atoms with Crippen LogP contribution in [0, 0.1) is 6.92 Å². The molecular weight excluding hydrogens is 286 g/mol. The molecule has 114 valence electrons. The maximum absolute atomic E-state index is 11.8. The lowest BCUT2D eigenvalue weighted by Crippen LogP contribution is -2.37. The number of ether oxygens (including phenoxy) is 1. The zero-order valence-electron chi connectivity index (χ0n) is 11.7. The largest absolute Gasteiger partial charge is 0.394 e. The van der Waals surface area contributed by atoms with Crippen molar-refractivity contribution in [3.63, 3.8) is 0 Å². The summed E-state index contributed by atoms with van der Waals surface area (Å²) in [4.78, 5) is 27.4. The Hall–Kier alpha value is -1.15. The van der Waals surface area contributed by atoms with Gasteiger partial charge in [0.2, 0.25) is 0 Å². The average molecular weight is 306 g/mol. The number of rotatable bonds is 3. The number of aromatic amines is 1. The van der Waals surface area contributed by atoms with Crippen molar-refractivity contribution >= 4 is 12.4 Å². The number of nitrogens with zero attached hydrogens (tertiary/aromatic N) is 2. The van der Waals surface area contributed by atoms with Crippen molar-refractivity contribution in [2.24, 2.45) is 0 Å². The van der Waals surface area contributed by atoms with E-state index < -0.39 is 11.9 Å². The van der Waals surface area contributed by atoms with E-state index in [-0.39, 0.29) is 36.7 Å². The van der Waals surface area contributed by atoms with Crippen LogP contribution in [-0.2, 0) is 4.74 Å². The molecule has 1 aromatic heterocycles. The molecule has 1 aromatic rings. The Kier molecular flexibility index (Phi) is 5.52. The number of aliphatic hydroxyl groups excluding tert-OH is 1. The second-order valence-electron chi connectivity index (χ2n) is 5.06. The van der Waals surface area contributed by atoms with E-state index in [0.29, 0.717) is 12.0 Å². The predicted octanol–water partition coefficient (Wildman–Crippen LogP) is -0.523. The van der Waals surface area contributed by atoms with Crippen LogP contribution in [0.4, 0.5) is 0 Å². The van der Waals surface area contributed by atoms with Gasteiger partial charge in [0.05, 0.1) is 12.7 Å². The first-order valence-corrected chi connectivity index (χ1v) is 6.19. The SMILES string of the molecule is Cc1cn(C2CC(N(C)C)C(CO)O2)c(=O)[nH]c1=O.Cl. The second-order valence-corrected chi connectivity index (χ2v) is 5.06. The van der Waals surface area contributed by atoms with Crippen molar-refractivity contribution in [1.82, 2.24) is 14.5 Å². The van der Waals surface area contributed by atoms with E-state index in [1.54, 1.807) is 6.92 Å². The van der Waals surface area contributed by atoms with Crippen LogP contribution in [0.5, 0.6) is 0 Å². The lowest BCUT2D eigenvalue weighted by molar-refractivity contribution is -0.0353. The number of halogens is 1. The summed E-state index contributed by atoms with van der Waals surface area (Å²) in [6, 6.07) is 0.0362. The number of aromatic nitrogens is 2. The van der Waals surface area contributed by atoms with E-state index in [2.05, 4.69) is 4.98 Å². The molecule has 0 aliphatic carbocycles. The predicted molar refractivity (Wildman–Crippen MR) is 76.4 cm³/mol. The minimum absolute atomic E-state index is 0. The van der Waals surface area contributed by atoms with Gasteiger partial charge in [-0.05, 0) is 21.0 Å². The van der Waals surface area contributed by atoms with Gasteiger partial charge in [-0.2, -0.15) is 0 Å². The highest BCUT2D eigenvalue weighted by Crippen LogP contribution is 2.29. The summed E-state index contributed by atoms with van der Waals surface area (Å²) in [5.74, 6) is 0. The Bertz CT molecular complexity index is 569. The van der Waals surface area contributed by atoms with Crippen LogP contribution < -0.4 is 11.2 Å². The first-order valence-electron chi connectivity index (χ1n) is 6.19. The first-order chi connectivity index (χ1) is 8.93. The minimum Gasteiger partial charge on any atom is -0.394 e. The van der Waals surface area contributed by atoms with Crippen LogP contribution in [0.1, 0.15) is 18.2 Å². The van der Waals surface area contributed by atoms with Crippen LogP contribution in [0.3, 0.4) is 0 Å². The molecule has 1 aliphatic rings. The Morgan fingerprint density at radius 2 is 2.15 bits per heavy atom. The molecule has 3 unspecified atom stereocenters. The molecule has 1 aliphatic heterocycles. The summed E-state index contributed by atoms with van der Waals surface area (Å²) < 4.78 is 7.07. The smallest absolute Gasteiger partial charge is 0.330 e. The van der Waals surface area contributed by atoms with Gasteiger partial charge in [-0.25, -0.2) is 4.79 Å². The van der Waals surface area contributed by atoms with E-state index in [1.165, 1.54) is 10.8 Å². The van der Waals surface area contributed by atoms with Gasteiger partial charge in [0, 0.05) is 24.2 Å². The Labute approximate surface area is 122 Å². The summed E-state index contributed by atoms with van der Waals surface area (Å²) in [5.41, 5.74) is -0.420. The zero-order valence-corrected chi connectivity index (χ0v) is 12.5. The zero-order chi connectivity index (χ0) is 14.2. The van der Waals surface area contributed by atoms with Gasteiger partial charge in [0.25, 0.3) is 5.56 Å². The normalized spacial score (nSPS) is 25.8.